The molecule has 74 valence electrons. The molecule has 0 N–H and O–H groups in total. The van der Waals surface area contributed by atoms with Crippen molar-refractivity contribution in [1.82, 2.24) is 0 Å². The molecule has 0 aliphatic heterocycles. The van der Waals surface area contributed by atoms with E-state index in [-0.39, 0.29) is 58.9 Å². The van der Waals surface area contributed by atoms with E-state index in [4.69, 9.17) is 0 Å². The molecule has 0 heterocycles. The van der Waals surface area contributed by atoms with Gasteiger partial charge in [0.1, 0.15) is 0 Å². The van der Waals surface area contributed by atoms with Crippen LogP contribution in [0.2, 0.25) is 0 Å². The van der Waals surface area contributed by atoms with Crippen molar-refractivity contribution in [3.8, 4) is 0 Å². The van der Waals surface area contributed by atoms with Gasteiger partial charge >= 0.3 is 21.7 Å². The molecule has 0 saturated heterocycles. The van der Waals surface area contributed by atoms with Gasteiger partial charge in [-0.1, -0.05) is 26.2 Å². The fourth-order valence-electron chi connectivity index (χ4n) is 0.919. The van der Waals surface area contributed by atoms with Gasteiger partial charge in [-0.05, 0) is 0 Å². The van der Waals surface area contributed by atoms with Gasteiger partial charge < -0.3 is 37.2 Å². The second kappa shape index (κ2) is 9.61. The third kappa shape index (κ3) is 8.09. The third-order valence-electron chi connectivity index (χ3n) is 1.56. The minimum absolute atomic E-state index is 0. The van der Waals surface area contributed by atoms with Gasteiger partial charge in [0.15, 0.2) is 0 Å². The molecule has 1 aliphatic rings. The van der Waals surface area contributed by atoms with Crippen molar-refractivity contribution in [2.75, 3.05) is 0 Å². The van der Waals surface area contributed by atoms with E-state index in [2.05, 4.69) is 39.0 Å². The van der Waals surface area contributed by atoms with Crippen LogP contribution in [0.4, 0.5) is 0 Å². The SMILES string of the molecule is CC(C)(C)C1=CC[C-]=C1.[Cl-].[Cl-].[Cl-].[Ti+4]. The minimum Gasteiger partial charge on any atom is -1.00 e. The Morgan fingerprint density at radius 3 is 1.77 bits per heavy atom. The van der Waals surface area contributed by atoms with E-state index in [1.54, 1.807) is 0 Å². The predicted molar refractivity (Wildman–Crippen MR) is 40.0 cm³/mol. The molecule has 0 atom stereocenters. The van der Waals surface area contributed by atoms with Crippen LogP contribution in [0.25, 0.3) is 0 Å². The molecule has 0 radical (unpaired) electrons. The molecule has 1 rings (SSSR count). The molecular formula is C9H13Cl3Ti. The molecule has 0 fully saturated rings. The Hall–Kier alpha value is 1.06. The molecule has 1 aliphatic carbocycles. The van der Waals surface area contributed by atoms with Gasteiger partial charge in [-0.3, -0.25) is 6.08 Å². The van der Waals surface area contributed by atoms with Gasteiger partial charge in [0.05, 0.1) is 0 Å². The maximum atomic E-state index is 3.16. The summed E-state index contributed by atoms with van der Waals surface area (Å²) in [6, 6.07) is 0. The molecule has 4 heteroatoms. The van der Waals surface area contributed by atoms with Crippen molar-refractivity contribution in [3.63, 3.8) is 0 Å². The number of hydrogen-bond acceptors (Lipinski definition) is 0. The zero-order valence-corrected chi connectivity index (χ0v) is 11.8. The Labute approximate surface area is 115 Å². The third-order valence-corrected chi connectivity index (χ3v) is 1.56. The van der Waals surface area contributed by atoms with Crippen LogP contribution in [-0.2, 0) is 21.7 Å². The van der Waals surface area contributed by atoms with Crippen molar-refractivity contribution >= 4 is 0 Å². The fourth-order valence-corrected chi connectivity index (χ4v) is 0.919. The average Bonchev–Trinajstić information content (AvgIpc) is 2.08. The first-order valence-corrected chi connectivity index (χ1v) is 3.38. The average molecular weight is 275 g/mol. The topological polar surface area (TPSA) is 0 Å². The van der Waals surface area contributed by atoms with Crippen LogP contribution in [0.3, 0.4) is 0 Å². The molecule has 0 aromatic heterocycles. The van der Waals surface area contributed by atoms with E-state index in [1.165, 1.54) is 5.57 Å². The molecule has 0 bridgehead atoms. The van der Waals surface area contributed by atoms with Crippen LogP contribution in [-0.4, -0.2) is 0 Å². The molecular weight excluding hydrogens is 262 g/mol. The Bertz CT molecular complexity index is 168. The van der Waals surface area contributed by atoms with Crippen molar-refractivity contribution in [2.24, 2.45) is 5.41 Å². The van der Waals surface area contributed by atoms with Gasteiger partial charge in [0.2, 0.25) is 0 Å². The van der Waals surface area contributed by atoms with Crippen LogP contribution in [0.15, 0.2) is 17.7 Å². The standard InChI is InChI=1S/C9H13.3ClH.Ti/c1-9(2,3)8-6-4-5-7-8;;;;/h6-7H,4H2,1-3H3;3*1H;/q-1;;;;+4/p-3. The number of rotatable bonds is 0. The largest absolute Gasteiger partial charge is 4.00 e. The van der Waals surface area contributed by atoms with E-state index >= 15 is 0 Å². The molecule has 0 aromatic rings. The van der Waals surface area contributed by atoms with Gasteiger partial charge in [0, 0.05) is 0 Å². The Kier molecular flexibility index (Phi) is 17.5. The minimum atomic E-state index is 0. The summed E-state index contributed by atoms with van der Waals surface area (Å²) < 4.78 is 0. The Balaban J connectivity index is -0.000000101. The van der Waals surface area contributed by atoms with E-state index in [0.717, 1.165) is 6.42 Å². The zero-order chi connectivity index (χ0) is 6.91. The van der Waals surface area contributed by atoms with Gasteiger partial charge in [-0.25, -0.2) is 6.08 Å². The molecule has 0 spiro atoms. The number of allylic oxidation sites excluding steroid dienone is 4. The Morgan fingerprint density at radius 1 is 1.15 bits per heavy atom. The maximum absolute atomic E-state index is 3.16. The first-order chi connectivity index (χ1) is 4.11. The van der Waals surface area contributed by atoms with Gasteiger partial charge in [0.25, 0.3) is 0 Å². The van der Waals surface area contributed by atoms with E-state index in [0.29, 0.717) is 5.41 Å². The molecule has 0 unspecified atom stereocenters. The second-order valence-corrected chi connectivity index (χ2v) is 3.46. The second-order valence-electron chi connectivity index (χ2n) is 3.46. The monoisotopic (exact) mass is 274 g/mol. The van der Waals surface area contributed by atoms with Gasteiger partial charge in [-0.2, -0.15) is 11.6 Å². The summed E-state index contributed by atoms with van der Waals surface area (Å²) in [7, 11) is 0. The van der Waals surface area contributed by atoms with Crippen molar-refractivity contribution in [1.29, 1.82) is 0 Å². The summed E-state index contributed by atoms with van der Waals surface area (Å²) in [5, 5.41) is 0. The van der Waals surface area contributed by atoms with E-state index in [1.807, 2.05) is 0 Å². The molecule has 13 heavy (non-hydrogen) atoms. The quantitative estimate of drug-likeness (QED) is 0.305. The van der Waals surface area contributed by atoms with Crippen molar-refractivity contribution in [2.45, 2.75) is 27.2 Å². The Morgan fingerprint density at radius 2 is 1.62 bits per heavy atom. The van der Waals surface area contributed by atoms with Gasteiger partial charge in [-0.15, -0.1) is 6.42 Å². The normalized spacial score (nSPS) is 12.7. The van der Waals surface area contributed by atoms with Crippen molar-refractivity contribution < 1.29 is 58.9 Å². The van der Waals surface area contributed by atoms with Crippen molar-refractivity contribution in [3.05, 3.63) is 23.8 Å². The van der Waals surface area contributed by atoms with E-state index < -0.39 is 0 Å². The summed E-state index contributed by atoms with van der Waals surface area (Å²) >= 11 is 0. The zero-order valence-electron chi connectivity index (χ0n) is 8.00. The summed E-state index contributed by atoms with van der Waals surface area (Å²) in [5.41, 5.74) is 1.74. The summed E-state index contributed by atoms with van der Waals surface area (Å²) in [6.07, 6.45) is 8.50. The summed E-state index contributed by atoms with van der Waals surface area (Å²) in [6.45, 7) is 6.67. The first kappa shape index (κ1) is 23.7. The summed E-state index contributed by atoms with van der Waals surface area (Å²) in [5.74, 6) is 0. The fraction of sp³-hybridized carbons (Fsp3) is 0.556. The van der Waals surface area contributed by atoms with Crippen LogP contribution < -0.4 is 37.2 Å². The smallest absolute Gasteiger partial charge is 1.00 e. The molecule has 0 amide bonds. The molecule has 0 nitrogen and oxygen atoms in total. The maximum Gasteiger partial charge on any atom is 4.00 e. The number of halogens is 3. The van der Waals surface area contributed by atoms with Crippen LogP contribution >= 0.6 is 0 Å². The van der Waals surface area contributed by atoms with Crippen LogP contribution in [0.5, 0.6) is 0 Å². The van der Waals surface area contributed by atoms with E-state index in [9.17, 15) is 0 Å². The van der Waals surface area contributed by atoms with Crippen LogP contribution in [0.1, 0.15) is 27.2 Å². The van der Waals surface area contributed by atoms with Crippen LogP contribution in [0, 0.1) is 11.5 Å². The predicted octanol–water partition coefficient (Wildman–Crippen LogP) is -6.27. The number of hydrogen-bond donors (Lipinski definition) is 0. The molecule has 0 saturated carbocycles. The summed E-state index contributed by atoms with van der Waals surface area (Å²) in [4.78, 5) is 0. The molecule has 0 aromatic carbocycles. The first-order valence-electron chi connectivity index (χ1n) is 3.38.